The van der Waals surface area contributed by atoms with Crippen LogP contribution in [0.2, 0.25) is 0 Å². The molecule has 6 nitrogen and oxygen atoms in total. The van der Waals surface area contributed by atoms with Crippen LogP contribution < -0.4 is 5.32 Å². The molecule has 372 valence electrons. The average molecular weight is 896 g/mol. The van der Waals surface area contributed by atoms with Gasteiger partial charge in [0.25, 0.3) is 0 Å². The molecule has 0 fully saturated rings. The molecule has 0 bridgehead atoms. The molecule has 0 rings (SSSR count). The van der Waals surface area contributed by atoms with E-state index >= 15 is 0 Å². The van der Waals surface area contributed by atoms with Gasteiger partial charge in [-0.1, -0.05) is 242 Å². The summed E-state index contributed by atoms with van der Waals surface area (Å²) in [5.41, 5.74) is 0. The molecule has 0 heterocycles. The Labute approximate surface area is 397 Å². The van der Waals surface area contributed by atoms with Crippen LogP contribution in [0, 0.1) is 0 Å². The van der Waals surface area contributed by atoms with Gasteiger partial charge >= 0.3 is 5.97 Å². The van der Waals surface area contributed by atoms with Crippen molar-refractivity contribution in [2.45, 2.75) is 289 Å². The Hall–Kier alpha value is -2.44. The Bertz CT molecular complexity index is 1140. The maximum Gasteiger partial charge on any atom is 0.306 e. The van der Waals surface area contributed by atoms with E-state index in [1.807, 2.05) is 0 Å². The van der Waals surface area contributed by atoms with Crippen molar-refractivity contribution < 1.29 is 24.5 Å². The SMILES string of the molecule is CCCCC/C=C/C=C/C=C/C=C/CCCCCCCC(=O)OC(CCCCCCCCC/C=C/CCCCCCCC)CC(=O)NC(CO)C(O)CCCCCCCCCCCC. The molecule has 0 aliphatic carbocycles. The number of amides is 1. The molecule has 64 heavy (non-hydrogen) atoms. The highest BCUT2D eigenvalue weighted by atomic mass is 16.5. The predicted octanol–water partition coefficient (Wildman–Crippen LogP) is 16.8. The zero-order valence-electron chi connectivity index (χ0n) is 42.4. The zero-order valence-corrected chi connectivity index (χ0v) is 42.4. The monoisotopic (exact) mass is 896 g/mol. The predicted molar refractivity (Wildman–Crippen MR) is 278 cm³/mol. The lowest BCUT2D eigenvalue weighted by Crippen LogP contribution is -2.46. The minimum absolute atomic E-state index is 0.0642. The van der Waals surface area contributed by atoms with Gasteiger partial charge in [-0.2, -0.15) is 0 Å². The van der Waals surface area contributed by atoms with Crippen LogP contribution >= 0.6 is 0 Å². The second-order valence-corrected chi connectivity index (χ2v) is 18.7. The van der Waals surface area contributed by atoms with Crippen LogP contribution in [0.25, 0.3) is 0 Å². The summed E-state index contributed by atoms with van der Waals surface area (Å²) < 4.78 is 5.94. The van der Waals surface area contributed by atoms with Crippen LogP contribution in [0.15, 0.2) is 60.8 Å². The van der Waals surface area contributed by atoms with Crippen molar-refractivity contribution in [3.8, 4) is 0 Å². The maximum atomic E-state index is 13.2. The van der Waals surface area contributed by atoms with Crippen molar-refractivity contribution in [2.24, 2.45) is 0 Å². The summed E-state index contributed by atoms with van der Waals surface area (Å²) in [6, 6.07) is -0.709. The first-order chi connectivity index (χ1) is 31.5. The standard InChI is InChI=1S/C58H105NO5/c1-4-7-10-13-16-19-22-24-26-28-30-32-34-36-39-42-45-48-51-58(63)64-54(49-46-43-40-37-35-33-31-29-27-25-23-20-17-14-11-8-5-2)52-57(62)59-55(53-60)56(61)50-47-44-41-38-21-18-15-12-9-6-3/h16,19,22,24-28,30,32,54-56,60-61H,4-15,17-18,20-21,23,29,31,33-53H2,1-3H3,(H,59,62)/b19-16+,24-22+,27-25+,28-26+,32-30+. The summed E-state index contributed by atoms with van der Waals surface area (Å²) in [7, 11) is 0. The molecular weight excluding hydrogens is 791 g/mol. The van der Waals surface area contributed by atoms with Crippen LogP contribution in [0.1, 0.15) is 271 Å². The second-order valence-electron chi connectivity index (χ2n) is 18.7. The van der Waals surface area contributed by atoms with Crippen LogP contribution in [-0.2, 0) is 14.3 Å². The highest BCUT2D eigenvalue weighted by Gasteiger charge is 2.24. The number of rotatable bonds is 49. The molecule has 0 spiro atoms. The van der Waals surface area contributed by atoms with Crippen LogP contribution in [0.5, 0.6) is 0 Å². The number of hydrogen-bond acceptors (Lipinski definition) is 5. The topological polar surface area (TPSA) is 95.9 Å². The molecule has 6 heteroatoms. The van der Waals surface area contributed by atoms with Gasteiger partial charge in [-0.25, -0.2) is 0 Å². The molecular formula is C58H105NO5. The Morgan fingerprint density at radius 2 is 0.812 bits per heavy atom. The number of esters is 1. The zero-order chi connectivity index (χ0) is 46.7. The number of ether oxygens (including phenoxy) is 1. The molecule has 3 N–H and O–H groups in total. The summed E-state index contributed by atoms with van der Waals surface area (Å²) in [4.78, 5) is 26.2. The number of carbonyl (C=O) groups excluding carboxylic acids is 2. The van der Waals surface area contributed by atoms with Gasteiger partial charge in [-0.15, -0.1) is 0 Å². The quantitative estimate of drug-likeness (QED) is 0.0245. The Morgan fingerprint density at radius 3 is 1.28 bits per heavy atom. The molecule has 0 aromatic rings. The minimum atomic E-state index is -0.794. The molecule has 0 aromatic heterocycles. The number of aliphatic hydroxyl groups is 2. The van der Waals surface area contributed by atoms with Crippen LogP contribution in [0.4, 0.5) is 0 Å². The first kappa shape index (κ1) is 61.6. The van der Waals surface area contributed by atoms with E-state index in [2.05, 4.69) is 86.8 Å². The number of allylic oxidation sites excluding steroid dienone is 10. The molecule has 3 atom stereocenters. The number of aliphatic hydroxyl groups excluding tert-OH is 2. The fourth-order valence-electron chi connectivity index (χ4n) is 8.20. The summed E-state index contributed by atoms with van der Waals surface area (Å²) in [5.74, 6) is -0.499. The number of unbranched alkanes of at least 4 members (excludes halogenated alkanes) is 30. The van der Waals surface area contributed by atoms with E-state index < -0.39 is 18.2 Å². The normalized spacial score (nSPS) is 13.6. The van der Waals surface area contributed by atoms with Crippen LogP contribution in [0.3, 0.4) is 0 Å². The van der Waals surface area contributed by atoms with Gasteiger partial charge in [0.1, 0.15) is 6.10 Å². The molecule has 0 aliphatic heterocycles. The van der Waals surface area contributed by atoms with Crippen molar-refractivity contribution in [2.75, 3.05) is 6.61 Å². The summed E-state index contributed by atoms with van der Waals surface area (Å²) in [6.45, 7) is 6.44. The van der Waals surface area contributed by atoms with Gasteiger partial charge < -0.3 is 20.3 Å². The van der Waals surface area contributed by atoms with Crippen molar-refractivity contribution >= 4 is 11.9 Å². The highest BCUT2D eigenvalue weighted by Crippen LogP contribution is 2.18. The molecule has 3 unspecified atom stereocenters. The van der Waals surface area contributed by atoms with Crippen LogP contribution in [-0.4, -0.2) is 46.9 Å². The van der Waals surface area contributed by atoms with Crippen molar-refractivity contribution in [3.63, 3.8) is 0 Å². The maximum absolute atomic E-state index is 13.2. The van der Waals surface area contributed by atoms with E-state index in [0.29, 0.717) is 19.3 Å². The molecule has 0 saturated carbocycles. The minimum Gasteiger partial charge on any atom is -0.462 e. The van der Waals surface area contributed by atoms with Gasteiger partial charge in [-0.05, 0) is 77.0 Å². The summed E-state index contributed by atoms with van der Waals surface area (Å²) in [5, 5.41) is 23.8. The number of hydrogen-bond donors (Lipinski definition) is 3. The second kappa shape index (κ2) is 51.5. The Balaban J connectivity index is 4.62. The van der Waals surface area contributed by atoms with E-state index in [0.717, 1.165) is 83.5 Å². The van der Waals surface area contributed by atoms with Crippen molar-refractivity contribution in [3.05, 3.63) is 60.8 Å². The third-order valence-electron chi connectivity index (χ3n) is 12.4. The lowest BCUT2D eigenvalue weighted by Gasteiger charge is -2.24. The number of nitrogens with one attached hydrogen (secondary N) is 1. The molecule has 0 aromatic carbocycles. The molecule has 0 aliphatic rings. The highest BCUT2D eigenvalue weighted by molar-refractivity contribution is 5.77. The summed E-state index contributed by atoms with van der Waals surface area (Å²) >= 11 is 0. The van der Waals surface area contributed by atoms with E-state index in [-0.39, 0.29) is 24.9 Å². The van der Waals surface area contributed by atoms with E-state index in [4.69, 9.17) is 4.74 Å². The lowest BCUT2D eigenvalue weighted by molar-refractivity contribution is -0.151. The third kappa shape index (κ3) is 46.1. The van der Waals surface area contributed by atoms with Gasteiger partial charge in [0.2, 0.25) is 5.91 Å². The fraction of sp³-hybridized carbons (Fsp3) is 0.793. The molecule has 1 amide bonds. The molecule has 0 radical (unpaired) electrons. The largest absolute Gasteiger partial charge is 0.462 e. The van der Waals surface area contributed by atoms with Gasteiger partial charge in [-0.3, -0.25) is 9.59 Å². The van der Waals surface area contributed by atoms with E-state index in [1.165, 1.54) is 141 Å². The smallest absolute Gasteiger partial charge is 0.306 e. The van der Waals surface area contributed by atoms with Gasteiger partial charge in [0.15, 0.2) is 0 Å². The third-order valence-corrected chi connectivity index (χ3v) is 12.4. The first-order valence-electron chi connectivity index (χ1n) is 27.6. The van der Waals surface area contributed by atoms with Gasteiger partial charge in [0, 0.05) is 6.42 Å². The summed E-state index contributed by atoms with van der Waals surface area (Å²) in [6.07, 6.45) is 64.2. The van der Waals surface area contributed by atoms with Gasteiger partial charge in [0.05, 0.1) is 25.2 Å². The molecule has 0 saturated heterocycles. The number of carbonyl (C=O) groups is 2. The first-order valence-corrected chi connectivity index (χ1v) is 27.6. The van der Waals surface area contributed by atoms with Crippen molar-refractivity contribution in [1.29, 1.82) is 0 Å². The fourth-order valence-corrected chi connectivity index (χ4v) is 8.20. The lowest BCUT2D eigenvalue weighted by atomic mass is 10.0. The van der Waals surface area contributed by atoms with Crippen molar-refractivity contribution in [1.82, 2.24) is 5.32 Å². The Morgan fingerprint density at radius 1 is 0.453 bits per heavy atom. The van der Waals surface area contributed by atoms with E-state index in [9.17, 15) is 19.8 Å². The van der Waals surface area contributed by atoms with E-state index in [1.54, 1.807) is 0 Å². The average Bonchev–Trinajstić information content (AvgIpc) is 3.29. The Kier molecular flexibility index (Phi) is 49.6.